The lowest BCUT2D eigenvalue weighted by Gasteiger charge is -2.37. The third-order valence-corrected chi connectivity index (χ3v) is 4.57. The minimum atomic E-state index is -0.0509. The van der Waals surface area contributed by atoms with Gasteiger partial charge in [0.05, 0.1) is 17.8 Å². The van der Waals surface area contributed by atoms with Crippen LogP contribution < -0.4 is 11.1 Å². The number of hydrogen-bond donors (Lipinski definition) is 2. The van der Waals surface area contributed by atoms with Crippen LogP contribution in [0.25, 0.3) is 0 Å². The first kappa shape index (κ1) is 14.1. The summed E-state index contributed by atoms with van der Waals surface area (Å²) in [7, 11) is 0. The summed E-state index contributed by atoms with van der Waals surface area (Å²) in [5, 5.41) is 11.9. The van der Waals surface area contributed by atoms with Gasteiger partial charge in [-0.1, -0.05) is 12.1 Å². The van der Waals surface area contributed by atoms with Crippen LogP contribution in [0.1, 0.15) is 31.2 Å². The summed E-state index contributed by atoms with van der Waals surface area (Å²) in [5.41, 5.74) is 7.13. The summed E-state index contributed by atoms with van der Waals surface area (Å²) in [6.45, 7) is 0.391. The molecule has 2 fully saturated rings. The van der Waals surface area contributed by atoms with Gasteiger partial charge in [-0.25, -0.2) is 0 Å². The van der Waals surface area contributed by atoms with Crippen molar-refractivity contribution in [2.45, 2.75) is 43.8 Å². The fourth-order valence-electron chi connectivity index (χ4n) is 3.62. The number of hydrogen-bond acceptors (Lipinski definition) is 4. The van der Waals surface area contributed by atoms with Gasteiger partial charge in [0.25, 0.3) is 0 Å². The van der Waals surface area contributed by atoms with Gasteiger partial charge in [0.15, 0.2) is 0 Å². The van der Waals surface area contributed by atoms with Gasteiger partial charge in [0, 0.05) is 18.1 Å². The van der Waals surface area contributed by atoms with Gasteiger partial charge in [0.1, 0.15) is 6.07 Å². The van der Waals surface area contributed by atoms with Crippen LogP contribution in [-0.2, 0) is 4.79 Å². The zero-order valence-corrected chi connectivity index (χ0v) is 12.0. The second-order valence-electron chi connectivity index (χ2n) is 5.99. The fraction of sp³-hybridized carbons (Fsp3) is 0.500. The van der Waals surface area contributed by atoms with Crippen molar-refractivity contribution >= 4 is 11.6 Å². The Morgan fingerprint density at radius 1 is 1.33 bits per heavy atom. The molecule has 1 amide bonds. The van der Waals surface area contributed by atoms with Gasteiger partial charge < -0.3 is 11.1 Å². The molecule has 110 valence electrons. The predicted octanol–water partition coefficient (Wildman–Crippen LogP) is 1.45. The van der Waals surface area contributed by atoms with Crippen molar-refractivity contribution in [2.75, 3.05) is 11.9 Å². The minimum absolute atomic E-state index is 0.0509. The monoisotopic (exact) mass is 284 g/mol. The maximum absolute atomic E-state index is 12.3. The molecule has 0 radical (unpaired) electrons. The molecule has 2 atom stereocenters. The molecular formula is C16H20N4O. The van der Waals surface area contributed by atoms with E-state index in [0.29, 0.717) is 29.9 Å². The summed E-state index contributed by atoms with van der Waals surface area (Å²) in [5.74, 6) is -0.0509. The molecule has 21 heavy (non-hydrogen) atoms. The Morgan fingerprint density at radius 3 is 2.67 bits per heavy atom. The average Bonchev–Trinajstić information content (AvgIpc) is 2.71. The van der Waals surface area contributed by atoms with Crippen molar-refractivity contribution in [3.8, 4) is 6.07 Å². The van der Waals surface area contributed by atoms with Gasteiger partial charge in [-0.3, -0.25) is 9.69 Å². The molecule has 2 bridgehead atoms. The number of nitriles is 1. The number of nitrogens with one attached hydrogen (secondary N) is 1. The lowest BCUT2D eigenvalue weighted by atomic mass is 9.98. The zero-order valence-electron chi connectivity index (χ0n) is 12.0. The van der Waals surface area contributed by atoms with Gasteiger partial charge >= 0.3 is 0 Å². The number of nitrogens with zero attached hydrogens (tertiary/aromatic N) is 2. The predicted molar refractivity (Wildman–Crippen MR) is 80.5 cm³/mol. The lowest BCUT2D eigenvalue weighted by molar-refractivity contribution is -0.118. The quantitative estimate of drug-likeness (QED) is 0.880. The van der Waals surface area contributed by atoms with Crippen LogP contribution >= 0.6 is 0 Å². The molecule has 2 aliphatic heterocycles. The van der Waals surface area contributed by atoms with Crippen LogP contribution in [0.4, 0.5) is 5.69 Å². The average molecular weight is 284 g/mol. The number of carbonyl (C=O) groups is 1. The molecule has 2 unspecified atom stereocenters. The molecular weight excluding hydrogens is 264 g/mol. The Labute approximate surface area is 124 Å². The number of rotatable bonds is 3. The van der Waals surface area contributed by atoms with E-state index in [0.717, 1.165) is 25.7 Å². The van der Waals surface area contributed by atoms with E-state index in [2.05, 4.69) is 16.3 Å². The maximum atomic E-state index is 12.3. The molecule has 5 nitrogen and oxygen atoms in total. The van der Waals surface area contributed by atoms with Crippen LogP contribution in [0.5, 0.6) is 0 Å². The SMILES string of the molecule is N#Cc1ccccc1NC(=O)CN1C2CCC1CC(N)C2. The van der Waals surface area contributed by atoms with Crippen LogP contribution in [0.3, 0.4) is 0 Å². The number of carbonyl (C=O) groups excluding carboxylic acids is 1. The fourth-order valence-corrected chi connectivity index (χ4v) is 3.62. The Bertz CT molecular complexity index is 566. The van der Waals surface area contributed by atoms with Crippen molar-refractivity contribution in [1.82, 2.24) is 4.90 Å². The smallest absolute Gasteiger partial charge is 0.238 e. The topological polar surface area (TPSA) is 82.2 Å². The largest absolute Gasteiger partial charge is 0.328 e. The van der Waals surface area contributed by atoms with Crippen LogP contribution in [0.15, 0.2) is 24.3 Å². The summed E-state index contributed by atoms with van der Waals surface area (Å²) in [6, 6.07) is 10.3. The van der Waals surface area contributed by atoms with Crippen molar-refractivity contribution in [2.24, 2.45) is 5.73 Å². The van der Waals surface area contributed by atoms with E-state index in [1.54, 1.807) is 18.2 Å². The van der Waals surface area contributed by atoms with Crippen molar-refractivity contribution < 1.29 is 4.79 Å². The van der Waals surface area contributed by atoms with E-state index in [1.165, 1.54) is 0 Å². The third kappa shape index (κ3) is 2.92. The van der Waals surface area contributed by atoms with Gasteiger partial charge in [0.2, 0.25) is 5.91 Å². The second kappa shape index (κ2) is 5.84. The minimum Gasteiger partial charge on any atom is -0.328 e. The first-order chi connectivity index (χ1) is 10.2. The standard InChI is InChI=1S/C16H20N4O/c17-9-11-3-1-2-4-15(11)19-16(21)10-20-13-5-6-14(20)8-12(18)7-13/h1-4,12-14H,5-8,10,18H2,(H,19,21). The lowest BCUT2D eigenvalue weighted by Crippen LogP contribution is -2.49. The van der Waals surface area contributed by atoms with E-state index in [-0.39, 0.29) is 11.9 Å². The van der Waals surface area contributed by atoms with E-state index < -0.39 is 0 Å². The molecule has 1 aromatic carbocycles. The molecule has 0 aromatic heterocycles. The highest BCUT2D eigenvalue weighted by Crippen LogP contribution is 2.34. The highest BCUT2D eigenvalue weighted by molar-refractivity contribution is 5.93. The van der Waals surface area contributed by atoms with E-state index in [4.69, 9.17) is 11.0 Å². The van der Waals surface area contributed by atoms with Gasteiger partial charge in [-0.15, -0.1) is 0 Å². The van der Waals surface area contributed by atoms with Crippen molar-refractivity contribution in [3.05, 3.63) is 29.8 Å². The number of benzene rings is 1. The molecule has 3 N–H and O–H groups in total. The van der Waals surface area contributed by atoms with E-state index in [1.807, 2.05) is 6.07 Å². The summed E-state index contributed by atoms with van der Waals surface area (Å²) in [4.78, 5) is 14.5. The van der Waals surface area contributed by atoms with Gasteiger partial charge in [-0.2, -0.15) is 5.26 Å². The molecule has 2 saturated heterocycles. The van der Waals surface area contributed by atoms with Gasteiger partial charge in [-0.05, 0) is 37.8 Å². The molecule has 5 heteroatoms. The molecule has 0 aliphatic carbocycles. The summed E-state index contributed by atoms with van der Waals surface area (Å²) in [6.07, 6.45) is 4.25. The molecule has 1 aromatic rings. The Morgan fingerprint density at radius 2 is 2.00 bits per heavy atom. The zero-order chi connectivity index (χ0) is 14.8. The number of amides is 1. The number of nitrogens with two attached hydrogens (primary N) is 1. The van der Waals surface area contributed by atoms with E-state index >= 15 is 0 Å². The second-order valence-corrected chi connectivity index (χ2v) is 5.99. The maximum Gasteiger partial charge on any atom is 0.238 e. The van der Waals surface area contributed by atoms with E-state index in [9.17, 15) is 4.79 Å². The highest BCUT2D eigenvalue weighted by Gasteiger charge is 2.40. The number of fused-ring (bicyclic) bond motifs is 2. The Balaban J connectivity index is 1.64. The van der Waals surface area contributed by atoms with Crippen LogP contribution in [-0.4, -0.2) is 35.5 Å². The first-order valence-electron chi connectivity index (χ1n) is 7.47. The first-order valence-corrected chi connectivity index (χ1v) is 7.47. The number of anilines is 1. The summed E-state index contributed by atoms with van der Waals surface area (Å²) >= 11 is 0. The Kier molecular flexibility index (Phi) is 3.91. The Hall–Kier alpha value is -1.90. The normalized spacial score (nSPS) is 28.1. The molecule has 2 aliphatic rings. The van der Waals surface area contributed by atoms with Crippen LogP contribution in [0.2, 0.25) is 0 Å². The molecule has 0 spiro atoms. The molecule has 3 rings (SSSR count). The van der Waals surface area contributed by atoms with Crippen LogP contribution in [0, 0.1) is 11.3 Å². The number of para-hydroxylation sites is 1. The highest BCUT2D eigenvalue weighted by atomic mass is 16.2. The van der Waals surface area contributed by atoms with Crippen molar-refractivity contribution in [1.29, 1.82) is 5.26 Å². The molecule has 0 saturated carbocycles. The van der Waals surface area contributed by atoms with Crippen molar-refractivity contribution in [3.63, 3.8) is 0 Å². The summed E-state index contributed by atoms with van der Waals surface area (Å²) < 4.78 is 0. The molecule has 2 heterocycles. The number of piperidine rings is 1. The third-order valence-electron chi connectivity index (χ3n) is 4.57.